The molecule has 0 aliphatic carbocycles. The van der Waals surface area contributed by atoms with Crippen LogP contribution in [0, 0.1) is 11.3 Å². The van der Waals surface area contributed by atoms with Gasteiger partial charge in [0.05, 0.1) is 0 Å². The molecule has 0 bridgehead atoms. The normalized spacial score (nSPS) is 10.3. The van der Waals surface area contributed by atoms with E-state index >= 15 is 0 Å². The van der Waals surface area contributed by atoms with Crippen molar-refractivity contribution in [1.29, 1.82) is 5.26 Å². The number of hydrogen-bond acceptors (Lipinski definition) is 2. The Morgan fingerprint density at radius 2 is 2.00 bits per heavy atom. The Hall–Kier alpha value is -1.30. The van der Waals surface area contributed by atoms with Crippen LogP contribution in [-0.4, -0.2) is 43.9 Å². The molecule has 11 heavy (non-hydrogen) atoms. The molecule has 60 valence electrons. The Kier molecular flexibility index (Phi) is 3.97. The van der Waals surface area contributed by atoms with E-state index in [9.17, 15) is 0 Å². The van der Waals surface area contributed by atoms with Crippen LogP contribution >= 0.6 is 0 Å². The molecule has 0 unspecified atom stereocenters. The first-order valence-corrected chi connectivity index (χ1v) is 3.36. The van der Waals surface area contributed by atoms with Crippen molar-refractivity contribution in [2.24, 2.45) is 0 Å². The molecule has 0 amide bonds. The van der Waals surface area contributed by atoms with Crippen molar-refractivity contribution < 1.29 is 4.58 Å². The second-order valence-corrected chi connectivity index (χ2v) is 2.75. The van der Waals surface area contributed by atoms with Crippen LogP contribution in [0.1, 0.15) is 0 Å². The Bertz CT molecular complexity index is 214. The van der Waals surface area contributed by atoms with Crippen LogP contribution in [0.5, 0.6) is 0 Å². The Labute approximate surface area is 67.9 Å². The Morgan fingerprint density at radius 1 is 1.45 bits per heavy atom. The minimum Gasteiger partial charge on any atom is -0.382 e. The molecule has 0 atom stereocenters. The van der Waals surface area contributed by atoms with Crippen molar-refractivity contribution in [3.8, 4) is 6.07 Å². The lowest BCUT2D eigenvalue weighted by Gasteiger charge is -2.02. The first-order valence-electron chi connectivity index (χ1n) is 3.36. The van der Waals surface area contributed by atoms with Crippen LogP contribution < -0.4 is 0 Å². The van der Waals surface area contributed by atoms with E-state index in [2.05, 4.69) is 6.07 Å². The molecule has 0 radical (unpaired) electrons. The molecule has 0 heterocycles. The third-order valence-corrected chi connectivity index (χ3v) is 0.924. The van der Waals surface area contributed by atoms with E-state index in [0.717, 1.165) is 0 Å². The quantitative estimate of drug-likeness (QED) is 0.323. The smallest absolute Gasteiger partial charge is 0.182 e. The van der Waals surface area contributed by atoms with E-state index in [1.807, 2.05) is 37.7 Å². The minimum atomic E-state index is 0.653. The molecule has 0 rings (SSSR count). The molecule has 0 aliphatic heterocycles. The molecule has 0 fully saturated rings. The van der Waals surface area contributed by atoms with Gasteiger partial charge in [-0.1, -0.05) is 0 Å². The molecule has 0 aromatic heterocycles. The lowest BCUT2D eigenvalue weighted by Crippen LogP contribution is -2.06. The molecule has 0 aliphatic rings. The van der Waals surface area contributed by atoms with Gasteiger partial charge in [0.2, 0.25) is 0 Å². The Morgan fingerprint density at radius 3 is 2.27 bits per heavy atom. The second kappa shape index (κ2) is 4.51. The van der Waals surface area contributed by atoms with E-state index in [0.29, 0.717) is 5.57 Å². The fraction of sp³-hybridized carbons (Fsp3) is 0.500. The van der Waals surface area contributed by atoms with Gasteiger partial charge in [-0.3, -0.25) is 0 Å². The maximum absolute atomic E-state index is 8.62. The number of nitrogens with zero attached hydrogens (tertiary/aromatic N) is 3. The Balaban J connectivity index is 4.45. The summed E-state index contributed by atoms with van der Waals surface area (Å²) in [5.74, 6) is 0. The molecule has 0 aromatic carbocycles. The summed E-state index contributed by atoms with van der Waals surface area (Å²) < 4.78 is 1.85. The average molecular weight is 152 g/mol. The lowest BCUT2D eigenvalue weighted by atomic mass is 10.3. The highest BCUT2D eigenvalue weighted by atomic mass is 15.0. The molecule has 0 spiro atoms. The summed E-state index contributed by atoms with van der Waals surface area (Å²) in [4.78, 5) is 1.85. The number of hydrogen-bond donors (Lipinski definition) is 0. The standard InChI is InChI=1S/C8H14N3/c1-10(2)6-8(5-9)7-11(3)4/h6-7H,1-4H3/q+1. The fourth-order valence-corrected chi connectivity index (χ4v) is 0.647. The van der Waals surface area contributed by atoms with Gasteiger partial charge in [-0.15, -0.1) is 0 Å². The zero-order valence-corrected chi connectivity index (χ0v) is 7.50. The average Bonchev–Trinajstić information content (AvgIpc) is 1.84. The van der Waals surface area contributed by atoms with Crippen LogP contribution in [0.3, 0.4) is 0 Å². The van der Waals surface area contributed by atoms with E-state index in [-0.39, 0.29) is 0 Å². The number of rotatable bonds is 2. The topological polar surface area (TPSA) is 30.0 Å². The molecule has 0 saturated carbocycles. The first kappa shape index (κ1) is 9.70. The molecule has 0 aromatic rings. The summed E-state index contributed by atoms with van der Waals surface area (Å²) in [5.41, 5.74) is 0.653. The van der Waals surface area contributed by atoms with Crippen molar-refractivity contribution >= 4 is 6.21 Å². The molecule has 3 nitrogen and oxygen atoms in total. The van der Waals surface area contributed by atoms with Crippen LogP contribution in [0.2, 0.25) is 0 Å². The molecular weight excluding hydrogens is 138 g/mol. The van der Waals surface area contributed by atoms with Crippen LogP contribution in [0.15, 0.2) is 11.8 Å². The number of nitriles is 1. The maximum Gasteiger partial charge on any atom is 0.182 e. The van der Waals surface area contributed by atoms with Gasteiger partial charge < -0.3 is 4.90 Å². The van der Waals surface area contributed by atoms with Gasteiger partial charge in [-0.2, -0.15) is 5.26 Å². The van der Waals surface area contributed by atoms with E-state index < -0.39 is 0 Å². The van der Waals surface area contributed by atoms with Crippen molar-refractivity contribution in [2.45, 2.75) is 0 Å². The third-order valence-electron chi connectivity index (χ3n) is 0.924. The predicted octanol–water partition coefficient (Wildman–Crippen LogP) is 0.298. The van der Waals surface area contributed by atoms with Gasteiger partial charge in [0, 0.05) is 20.3 Å². The lowest BCUT2D eigenvalue weighted by molar-refractivity contribution is -0.458. The fourth-order valence-electron chi connectivity index (χ4n) is 0.647. The van der Waals surface area contributed by atoms with E-state index in [1.54, 1.807) is 12.4 Å². The summed E-state index contributed by atoms with van der Waals surface area (Å²) in [6.07, 6.45) is 3.56. The van der Waals surface area contributed by atoms with Crippen molar-refractivity contribution in [3.05, 3.63) is 11.8 Å². The summed E-state index contributed by atoms with van der Waals surface area (Å²) in [6, 6.07) is 2.09. The molecule has 0 N–H and O–H groups in total. The zero-order chi connectivity index (χ0) is 8.85. The minimum absolute atomic E-state index is 0.653. The molecule has 3 heteroatoms. The molecular formula is C8H14N3+. The van der Waals surface area contributed by atoms with Crippen LogP contribution in [0.25, 0.3) is 0 Å². The highest BCUT2D eigenvalue weighted by Crippen LogP contribution is 1.88. The summed E-state index contributed by atoms with van der Waals surface area (Å²) in [5, 5.41) is 8.62. The molecule has 0 saturated heterocycles. The highest BCUT2D eigenvalue weighted by molar-refractivity contribution is 5.79. The van der Waals surface area contributed by atoms with Gasteiger partial charge in [0.1, 0.15) is 25.7 Å². The number of allylic oxidation sites excluding steroid dienone is 1. The van der Waals surface area contributed by atoms with Gasteiger partial charge in [-0.25, -0.2) is 4.58 Å². The van der Waals surface area contributed by atoms with Crippen LogP contribution in [0.4, 0.5) is 0 Å². The van der Waals surface area contributed by atoms with E-state index in [4.69, 9.17) is 5.26 Å². The zero-order valence-electron chi connectivity index (χ0n) is 7.50. The van der Waals surface area contributed by atoms with Gasteiger partial charge >= 0.3 is 0 Å². The van der Waals surface area contributed by atoms with Crippen LogP contribution in [-0.2, 0) is 0 Å². The highest BCUT2D eigenvalue weighted by Gasteiger charge is 1.95. The SMILES string of the molecule is CN(C)/C=C(/C#N)C=[N+](C)C. The largest absolute Gasteiger partial charge is 0.382 e. The van der Waals surface area contributed by atoms with Gasteiger partial charge in [0.25, 0.3) is 0 Å². The first-order chi connectivity index (χ1) is 5.06. The van der Waals surface area contributed by atoms with Crippen molar-refractivity contribution in [1.82, 2.24) is 4.90 Å². The van der Waals surface area contributed by atoms with E-state index in [1.165, 1.54) is 0 Å². The van der Waals surface area contributed by atoms with Crippen molar-refractivity contribution in [3.63, 3.8) is 0 Å². The summed E-state index contributed by atoms with van der Waals surface area (Å²) >= 11 is 0. The second-order valence-electron chi connectivity index (χ2n) is 2.75. The monoisotopic (exact) mass is 152 g/mol. The maximum atomic E-state index is 8.62. The summed E-state index contributed by atoms with van der Waals surface area (Å²) in [7, 11) is 7.56. The van der Waals surface area contributed by atoms with Gasteiger partial charge in [-0.05, 0) is 0 Å². The van der Waals surface area contributed by atoms with Crippen molar-refractivity contribution in [2.75, 3.05) is 28.2 Å². The summed E-state index contributed by atoms with van der Waals surface area (Å²) in [6.45, 7) is 0. The van der Waals surface area contributed by atoms with Gasteiger partial charge in [0.15, 0.2) is 6.21 Å². The predicted molar refractivity (Wildman–Crippen MR) is 45.6 cm³/mol. The third kappa shape index (κ3) is 5.16.